The molecule has 0 saturated heterocycles. The summed E-state index contributed by atoms with van der Waals surface area (Å²) in [6, 6.07) is 0. The van der Waals surface area contributed by atoms with Gasteiger partial charge in [0.05, 0.1) is 0 Å². The van der Waals surface area contributed by atoms with Gasteiger partial charge in [-0.3, -0.25) is 0 Å². The molecule has 0 saturated carbocycles. The number of unbranched alkanes of at least 4 members (excludes halogenated alkanes) is 18. The van der Waals surface area contributed by atoms with Gasteiger partial charge in [0.1, 0.15) is 0 Å². The standard InChI is InChI=1S/C25H49/c1-4-5-6-7-8-9-10-11-12-13-14-15-16-17-18-19-20-21-22-23-24-25(2)3/h1,4,25H,5-24H2,2-3H3. The summed E-state index contributed by atoms with van der Waals surface area (Å²) >= 11 is 0. The van der Waals surface area contributed by atoms with Crippen molar-refractivity contribution in [1.82, 2.24) is 0 Å². The fraction of sp³-hybridized carbons (Fsp3) is 0.920. The molecule has 0 aromatic carbocycles. The zero-order valence-electron chi connectivity index (χ0n) is 17.9. The Balaban J connectivity index is 2.97. The quantitative estimate of drug-likeness (QED) is 0.181. The molecule has 0 aromatic heterocycles. The SMILES string of the molecule is [CH]=CCCCCCCCCCCCCCCCCCCCCC(C)C. The van der Waals surface area contributed by atoms with Gasteiger partial charge in [-0.1, -0.05) is 142 Å². The summed E-state index contributed by atoms with van der Waals surface area (Å²) in [7, 11) is 0. The molecule has 0 aliphatic heterocycles. The van der Waals surface area contributed by atoms with Crippen molar-refractivity contribution in [2.45, 2.75) is 142 Å². The lowest BCUT2D eigenvalue weighted by atomic mass is 10.0. The van der Waals surface area contributed by atoms with Crippen LogP contribution >= 0.6 is 0 Å². The first-order valence-corrected chi connectivity index (χ1v) is 11.8. The maximum Gasteiger partial charge on any atom is -0.0348 e. The van der Waals surface area contributed by atoms with Crippen LogP contribution in [-0.2, 0) is 0 Å². The summed E-state index contributed by atoms with van der Waals surface area (Å²) in [5.74, 6) is 0.894. The summed E-state index contributed by atoms with van der Waals surface area (Å²) in [5.41, 5.74) is 0. The molecule has 0 aromatic rings. The lowest BCUT2D eigenvalue weighted by Gasteiger charge is -2.05. The third kappa shape index (κ3) is 23.7. The lowest BCUT2D eigenvalue weighted by molar-refractivity contribution is 0.501. The van der Waals surface area contributed by atoms with Gasteiger partial charge in [0.15, 0.2) is 0 Å². The predicted octanol–water partition coefficient (Wildman–Crippen LogP) is 9.43. The normalized spacial score (nSPS) is 11.3. The van der Waals surface area contributed by atoms with E-state index in [0.29, 0.717) is 0 Å². The van der Waals surface area contributed by atoms with Crippen molar-refractivity contribution >= 4 is 0 Å². The monoisotopic (exact) mass is 349 g/mol. The van der Waals surface area contributed by atoms with Crippen LogP contribution in [0.5, 0.6) is 0 Å². The van der Waals surface area contributed by atoms with Gasteiger partial charge in [0, 0.05) is 0 Å². The van der Waals surface area contributed by atoms with Gasteiger partial charge in [-0.05, 0) is 18.8 Å². The fourth-order valence-corrected chi connectivity index (χ4v) is 3.64. The summed E-state index contributed by atoms with van der Waals surface area (Å²) in [5, 5.41) is 0. The summed E-state index contributed by atoms with van der Waals surface area (Å²) in [6.45, 7) is 10.1. The maximum absolute atomic E-state index is 5.39. The van der Waals surface area contributed by atoms with Gasteiger partial charge in [0.2, 0.25) is 0 Å². The summed E-state index contributed by atoms with van der Waals surface area (Å²) in [6.07, 6.45) is 30.4. The van der Waals surface area contributed by atoms with Gasteiger partial charge in [0.25, 0.3) is 0 Å². The topological polar surface area (TPSA) is 0 Å². The van der Waals surface area contributed by atoms with Crippen LogP contribution in [0.25, 0.3) is 0 Å². The van der Waals surface area contributed by atoms with Gasteiger partial charge in [-0.15, -0.1) is 0 Å². The zero-order valence-corrected chi connectivity index (χ0v) is 17.9. The Morgan fingerprint density at radius 1 is 0.480 bits per heavy atom. The second-order valence-electron chi connectivity index (χ2n) is 8.57. The smallest absolute Gasteiger partial charge is 0.0348 e. The Labute approximate surface area is 161 Å². The van der Waals surface area contributed by atoms with Crippen LogP contribution in [0, 0.1) is 12.5 Å². The van der Waals surface area contributed by atoms with E-state index < -0.39 is 0 Å². The number of hydrogen-bond donors (Lipinski definition) is 0. The molecule has 149 valence electrons. The van der Waals surface area contributed by atoms with E-state index in [0.717, 1.165) is 12.3 Å². The van der Waals surface area contributed by atoms with Gasteiger partial charge >= 0.3 is 0 Å². The molecule has 0 unspecified atom stereocenters. The highest BCUT2D eigenvalue weighted by Gasteiger charge is 1.96. The molecule has 1 radical (unpaired) electrons. The van der Waals surface area contributed by atoms with E-state index in [1.165, 1.54) is 122 Å². The molecule has 25 heavy (non-hydrogen) atoms. The molecule has 0 atom stereocenters. The molecule has 0 heteroatoms. The van der Waals surface area contributed by atoms with Crippen molar-refractivity contribution in [3.8, 4) is 0 Å². The Kier molecular flexibility index (Phi) is 21.6. The second-order valence-corrected chi connectivity index (χ2v) is 8.57. The van der Waals surface area contributed by atoms with Gasteiger partial charge < -0.3 is 0 Å². The maximum atomic E-state index is 5.39. The first-order valence-electron chi connectivity index (χ1n) is 11.8. The van der Waals surface area contributed by atoms with Gasteiger partial charge in [-0.25, -0.2) is 0 Å². The van der Waals surface area contributed by atoms with Crippen LogP contribution in [0.15, 0.2) is 6.08 Å². The summed E-state index contributed by atoms with van der Waals surface area (Å²) in [4.78, 5) is 0. The minimum atomic E-state index is 0.894. The van der Waals surface area contributed by atoms with Crippen LogP contribution in [0.3, 0.4) is 0 Å². The summed E-state index contributed by atoms with van der Waals surface area (Å²) < 4.78 is 0. The largest absolute Gasteiger partial charge is 0.0845 e. The van der Waals surface area contributed by atoms with Crippen LogP contribution in [0.2, 0.25) is 0 Å². The van der Waals surface area contributed by atoms with E-state index in [1.807, 2.05) is 0 Å². The van der Waals surface area contributed by atoms with Crippen molar-refractivity contribution in [3.05, 3.63) is 12.7 Å². The number of hydrogen-bond acceptors (Lipinski definition) is 0. The Morgan fingerprint density at radius 2 is 0.760 bits per heavy atom. The average Bonchev–Trinajstić information content (AvgIpc) is 2.60. The molecule has 0 aliphatic rings. The number of allylic oxidation sites excluding steroid dienone is 1. The molecule has 0 aliphatic carbocycles. The van der Waals surface area contributed by atoms with Crippen molar-refractivity contribution in [2.75, 3.05) is 0 Å². The van der Waals surface area contributed by atoms with Crippen molar-refractivity contribution in [2.24, 2.45) is 5.92 Å². The molecule has 0 amide bonds. The zero-order chi connectivity index (χ0) is 18.4. The molecular weight excluding hydrogens is 300 g/mol. The van der Waals surface area contributed by atoms with E-state index in [9.17, 15) is 0 Å². The Hall–Kier alpha value is -0.260. The average molecular weight is 350 g/mol. The highest BCUT2D eigenvalue weighted by molar-refractivity contribution is 4.61. The Morgan fingerprint density at radius 3 is 1.04 bits per heavy atom. The molecule has 0 nitrogen and oxygen atoms in total. The molecule has 0 spiro atoms. The van der Waals surface area contributed by atoms with E-state index in [4.69, 9.17) is 6.58 Å². The minimum absolute atomic E-state index is 0.894. The third-order valence-electron chi connectivity index (χ3n) is 5.40. The molecule has 0 bridgehead atoms. The van der Waals surface area contributed by atoms with Crippen LogP contribution < -0.4 is 0 Å². The van der Waals surface area contributed by atoms with E-state index >= 15 is 0 Å². The number of rotatable bonds is 21. The molecule has 0 heterocycles. The third-order valence-corrected chi connectivity index (χ3v) is 5.40. The van der Waals surface area contributed by atoms with E-state index in [2.05, 4.69) is 13.8 Å². The van der Waals surface area contributed by atoms with E-state index in [1.54, 1.807) is 6.08 Å². The van der Waals surface area contributed by atoms with Gasteiger partial charge in [-0.2, -0.15) is 0 Å². The fourth-order valence-electron chi connectivity index (χ4n) is 3.64. The molecule has 0 fully saturated rings. The van der Waals surface area contributed by atoms with Crippen molar-refractivity contribution in [1.29, 1.82) is 0 Å². The molecular formula is C25H49. The predicted molar refractivity (Wildman–Crippen MR) is 116 cm³/mol. The minimum Gasteiger partial charge on any atom is -0.0845 e. The van der Waals surface area contributed by atoms with Crippen LogP contribution in [0.1, 0.15) is 142 Å². The van der Waals surface area contributed by atoms with Crippen LogP contribution in [0.4, 0.5) is 0 Å². The van der Waals surface area contributed by atoms with E-state index in [-0.39, 0.29) is 0 Å². The molecule has 0 rings (SSSR count). The van der Waals surface area contributed by atoms with Crippen molar-refractivity contribution < 1.29 is 0 Å². The van der Waals surface area contributed by atoms with Crippen molar-refractivity contribution in [3.63, 3.8) is 0 Å². The first kappa shape index (κ1) is 24.7. The van der Waals surface area contributed by atoms with Crippen LogP contribution in [-0.4, -0.2) is 0 Å². The highest BCUT2D eigenvalue weighted by atomic mass is 14.0. The lowest BCUT2D eigenvalue weighted by Crippen LogP contribution is -1.87. The Bertz CT molecular complexity index is 240. The second kappa shape index (κ2) is 21.8. The highest BCUT2D eigenvalue weighted by Crippen LogP contribution is 2.15. The molecule has 0 N–H and O–H groups in total. The first-order chi connectivity index (χ1) is 12.3.